The van der Waals surface area contributed by atoms with Gasteiger partial charge in [-0.05, 0) is 30.3 Å². The standard InChI is InChI=1S/C19H11ClF3N5O/c20-12-5-3-11(4-6-12)14-8-16(19(21,22)23)28-17(26-14)9-15(27-28)18(29)25-13-2-1-7-24-10-13/h1-10H,(H,25,29). The second-order valence-corrected chi connectivity index (χ2v) is 6.46. The van der Waals surface area contributed by atoms with Crippen molar-refractivity contribution < 1.29 is 18.0 Å². The first-order valence-corrected chi connectivity index (χ1v) is 8.64. The van der Waals surface area contributed by atoms with E-state index in [0.717, 1.165) is 6.07 Å². The number of aromatic nitrogens is 4. The maximum absolute atomic E-state index is 13.6. The lowest BCUT2D eigenvalue weighted by molar-refractivity contribution is -0.142. The van der Waals surface area contributed by atoms with Crippen LogP contribution in [0.5, 0.6) is 0 Å². The van der Waals surface area contributed by atoms with Crippen molar-refractivity contribution in [3.63, 3.8) is 0 Å². The number of alkyl halides is 3. The molecule has 0 unspecified atom stereocenters. The predicted molar refractivity (Wildman–Crippen MR) is 101 cm³/mol. The molecule has 0 saturated heterocycles. The van der Waals surface area contributed by atoms with Crippen LogP contribution >= 0.6 is 11.6 Å². The van der Waals surface area contributed by atoms with E-state index in [1.807, 2.05) is 0 Å². The van der Waals surface area contributed by atoms with E-state index < -0.39 is 17.8 Å². The highest BCUT2D eigenvalue weighted by Gasteiger charge is 2.35. The van der Waals surface area contributed by atoms with Gasteiger partial charge in [0.05, 0.1) is 17.6 Å². The van der Waals surface area contributed by atoms with Gasteiger partial charge in [0.15, 0.2) is 17.0 Å². The smallest absolute Gasteiger partial charge is 0.319 e. The van der Waals surface area contributed by atoms with Crippen LogP contribution in [0.25, 0.3) is 16.9 Å². The lowest BCUT2D eigenvalue weighted by atomic mass is 10.1. The second kappa shape index (κ2) is 7.17. The van der Waals surface area contributed by atoms with Crippen LogP contribution < -0.4 is 5.32 Å². The van der Waals surface area contributed by atoms with Gasteiger partial charge >= 0.3 is 6.18 Å². The number of carbonyl (C=O) groups excluding carboxylic acids is 1. The summed E-state index contributed by atoms with van der Waals surface area (Å²) in [7, 11) is 0. The van der Waals surface area contributed by atoms with Crippen LogP contribution in [0.1, 0.15) is 16.2 Å². The monoisotopic (exact) mass is 417 g/mol. The fourth-order valence-electron chi connectivity index (χ4n) is 2.69. The van der Waals surface area contributed by atoms with Crippen molar-refractivity contribution in [1.29, 1.82) is 0 Å². The molecule has 3 heterocycles. The zero-order valence-corrected chi connectivity index (χ0v) is 15.2. The number of anilines is 1. The first-order valence-electron chi connectivity index (χ1n) is 8.26. The molecule has 0 spiro atoms. The van der Waals surface area contributed by atoms with Crippen LogP contribution in [0, 0.1) is 0 Å². The number of nitrogens with zero attached hydrogens (tertiary/aromatic N) is 4. The number of halogens is 4. The second-order valence-electron chi connectivity index (χ2n) is 6.03. The third-order valence-corrected chi connectivity index (χ3v) is 4.26. The minimum absolute atomic E-state index is 0.0839. The molecule has 0 aliphatic carbocycles. The summed E-state index contributed by atoms with van der Waals surface area (Å²) in [5, 5.41) is 6.78. The van der Waals surface area contributed by atoms with Gasteiger partial charge in [-0.1, -0.05) is 23.7 Å². The molecule has 0 saturated carbocycles. The number of amides is 1. The number of nitrogens with one attached hydrogen (secondary N) is 1. The maximum Gasteiger partial charge on any atom is 0.433 e. The molecule has 0 fully saturated rings. The van der Waals surface area contributed by atoms with Gasteiger partial charge in [0, 0.05) is 22.8 Å². The van der Waals surface area contributed by atoms with Crippen molar-refractivity contribution in [2.24, 2.45) is 0 Å². The molecule has 0 aliphatic rings. The fourth-order valence-corrected chi connectivity index (χ4v) is 2.81. The Morgan fingerprint density at radius 2 is 1.86 bits per heavy atom. The summed E-state index contributed by atoms with van der Waals surface area (Å²) in [5.74, 6) is -0.676. The number of hydrogen-bond donors (Lipinski definition) is 1. The molecular weight excluding hydrogens is 407 g/mol. The number of rotatable bonds is 3. The molecule has 1 amide bonds. The van der Waals surface area contributed by atoms with Crippen molar-refractivity contribution in [3.05, 3.63) is 77.3 Å². The summed E-state index contributed by atoms with van der Waals surface area (Å²) in [6.45, 7) is 0. The van der Waals surface area contributed by atoms with Crippen LogP contribution in [0.4, 0.5) is 18.9 Å². The van der Waals surface area contributed by atoms with E-state index in [2.05, 4.69) is 20.4 Å². The van der Waals surface area contributed by atoms with Crippen molar-refractivity contribution >= 4 is 28.8 Å². The Morgan fingerprint density at radius 1 is 1.10 bits per heavy atom. The van der Waals surface area contributed by atoms with Gasteiger partial charge in [-0.25, -0.2) is 9.50 Å². The average Bonchev–Trinajstić information content (AvgIpc) is 3.12. The molecule has 10 heteroatoms. The van der Waals surface area contributed by atoms with Crippen LogP contribution in [0.3, 0.4) is 0 Å². The topological polar surface area (TPSA) is 72.2 Å². The normalized spacial score (nSPS) is 11.6. The quantitative estimate of drug-likeness (QED) is 0.523. The highest BCUT2D eigenvalue weighted by atomic mass is 35.5. The van der Waals surface area contributed by atoms with Gasteiger partial charge in [0.1, 0.15) is 0 Å². The molecule has 4 rings (SSSR count). The summed E-state index contributed by atoms with van der Waals surface area (Å²) in [4.78, 5) is 20.5. The molecule has 146 valence electrons. The van der Waals surface area contributed by atoms with Gasteiger partial charge < -0.3 is 5.32 Å². The molecule has 0 aliphatic heterocycles. The third-order valence-electron chi connectivity index (χ3n) is 4.01. The molecule has 4 aromatic rings. The molecule has 1 N–H and O–H groups in total. The molecule has 1 aromatic carbocycles. The van der Waals surface area contributed by atoms with E-state index in [4.69, 9.17) is 11.6 Å². The number of fused-ring (bicyclic) bond motifs is 1. The first-order chi connectivity index (χ1) is 13.8. The lowest BCUT2D eigenvalue weighted by Crippen LogP contribution is -2.15. The van der Waals surface area contributed by atoms with Crippen molar-refractivity contribution in [3.8, 4) is 11.3 Å². The molecule has 3 aromatic heterocycles. The Kier molecular flexibility index (Phi) is 4.67. The van der Waals surface area contributed by atoms with Gasteiger partial charge in [0.25, 0.3) is 5.91 Å². The minimum Gasteiger partial charge on any atom is -0.319 e. The highest BCUT2D eigenvalue weighted by molar-refractivity contribution is 6.30. The Bertz CT molecular complexity index is 1190. The Labute approximate surface area is 167 Å². The van der Waals surface area contributed by atoms with E-state index in [0.29, 0.717) is 20.8 Å². The van der Waals surface area contributed by atoms with Gasteiger partial charge in [-0.15, -0.1) is 0 Å². The van der Waals surface area contributed by atoms with Gasteiger partial charge in [-0.2, -0.15) is 18.3 Å². The predicted octanol–water partition coefficient (Wildman–Crippen LogP) is 4.72. The van der Waals surface area contributed by atoms with Gasteiger partial charge in [-0.3, -0.25) is 9.78 Å². The highest BCUT2D eigenvalue weighted by Crippen LogP contribution is 2.32. The molecule has 29 heavy (non-hydrogen) atoms. The Hall–Kier alpha value is -3.46. The number of pyridine rings is 1. The number of benzene rings is 1. The summed E-state index contributed by atoms with van der Waals surface area (Å²) >= 11 is 5.84. The van der Waals surface area contributed by atoms with E-state index in [9.17, 15) is 18.0 Å². The van der Waals surface area contributed by atoms with E-state index >= 15 is 0 Å². The van der Waals surface area contributed by atoms with Crippen LogP contribution in [0.15, 0.2) is 60.9 Å². The van der Waals surface area contributed by atoms with Crippen LogP contribution in [-0.4, -0.2) is 25.5 Å². The van der Waals surface area contributed by atoms with Crippen LogP contribution in [0.2, 0.25) is 5.02 Å². The lowest BCUT2D eigenvalue weighted by Gasteiger charge is -2.11. The maximum atomic E-state index is 13.6. The SMILES string of the molecule is O=C(Nc1cccnc1)c1cc2nc(-c3ccc(Cl)cc3)cc(C(F)(F)F)n2n1. The third kappa shape index (κ3) is 3.90. The zero-order valence-electron chi connectivity index (χ0n) is 14.5. The molecule has 6 nitrogen and oxygen atoms in total. The van der Waals surface area contributed by atoms with Crippen molar-refractivity contribution in [1.82, 2.24) is 19.6 Å². The summed E-state index contributed by atoms with van der Waals surface area (Å²) in [5.41, 5.74) is -0.444. The Morgan fingerprint density at radius 3 is 2.52 bits per heavy atom. The molecular formula is C19H11ClF3N5O. The van der Waals surface area contributed by atoms with E-state index in [1.54, 1.807) is 36.4 Å². The largest absolute Gasteiger partial charge is 0.433 e. The zero-order chi connectivity index (χ0) is 20.6. The summed E-state index contributed by atoms with van der Waals surface area (Å²) < 4.78 is 41.5. The van der Waals surface area contributed by atoms with Crippen molar-refractivity contribution in [2.75, 3.05) is 5.32 Å². The van der Waals surface area contributed by atoms with Crippen LogP contribution in [-0.2, 0) is 6.18 Å². The average molecular weight is 418 g/mol. The minimum atomic E-state index is -4.70. The van der Waals surface area contributed by atoms with E-state index in [-0.39, 0.29) is 17.0 Å². The van der Waals surface area contributed by atoms with Gasteiger partial charge in [0.2, 0.25) is 0 Å². The number of hydrogen-bond acceptors (Lipinski definition) is 4. The van der Waals surface area contributed by atoms with Crippen molar-refractivity contribution in [2.45, 2.75) is 6.18 Å². The first kappa shape index (κ1) is 18.9. The summed E-state index contributed by atoms with van der Waals surface area (Å²) in [6.07, 6.45) is -1.77. The number of carbonyl (C=O) groups is 1. The van der Waals surface area contributed by atoms with E-state index in [1.165, 1.54) is 18.5 Å². The molecule has 0 atom stereocenters. The fraction of sp³-hybridized carbons (Fsp3) is 0.0526. The summed E-state index contributed by atoms with van der Waals surface area (Å²) in [6, 6.07) is 11.5. The Balaban J connectivity index is 1.80. The molecule has 0 bridgehead atoms. The molecule has 0 radical (unpaired) electrons.